The van der Waals surface area contributed by atoms with E-state index in [1.54, 1.807) is 42.3 Å². The van der Waals surface area contributed by atoms with E-state index in [1.807, 2.05) is 25.1 Å². The number of benzene rings is 2. The number of nitrogens with zero attached hydrogens (tertiary/aromatic N) is 3. The zero-order valence-electron chi connectivity index (χ0n) is 18.8. The number of hydrogen-bond acceptors (Lipinski definition) is 5. The Kier molecular flexibility index (Phi) is 6.51. The van der Waals surface area contributed by atoms with E-state index >= 15 is 0 Å². The van der Waals surface area contributed by atoms with Crippen LogP contribution in [0.2, 0.25) is 0 Å². The maximum atomic E-state index is 13.4. The number of unbranched alkanes of at least 4 members (excludes halogenated alkanes) is 1. The van der Waals surface area contributed by atoms with Gasteiger partial charge < -0.3 is 10.2 Å². The quantitative estimate of drug-likeness (QED) is 0.729. The third-order valence-corrected chi connectivity index (χ3v) is 8.12. The number of carbonyl (C=O) groups excluding carboxylic acids is 2. The standard InChI is InChI=1S/C24H28N4O4S/c1-3-4-13-28-23(29)21(22(33(28,31)32)17-8-6-5-7-9-17)26-20-11-10-19-16-27(24(30)25-2)14-12-18(19)15-20/h5-11,15,22H,3-4,12-14,16H2,1-2H3,(H,25,30). The summed E-state index contributed by atoms with van der Waals surface area (Å²) in [4.78, 5) is 31.5. The fourth-order valence-electron chi connectivity index (χ4n) is 4.30. The first-order valence-electron chi connectivity index (χ1n) is 11.1. The van der Waals surface area contributed by atoms with Crippen LogP contribution in [0.15, 0.2) is 53.5 Å². The summed E-state index contributed by atoms with van der Waals surface area (Å²) in [6.45, 7) is 3.18. The first-order valence-corrected chi connectivity index (χ1v) is 12.6. The Bertz CT molecular complexity index is 1190. The van der Waals surface area contributed by atoms with Crippen molar-refractivity contribution < 1.29 is 18.0 Å². The summed E-state index contributed by atoms with van der Waals surface area (Å²) in [6, 6.07) is 14.2. The van der Waals surface area contributed by atoms with Gasteiger partial charge in [0.05, 0.1) is 5.69 Å². The minimum Gasteiger partial charge on any atom is -0.341 e. The van der Waals surface area contributed by atoms with Gasteiger partial charge in [0, 0.05) is 26.7 Å². The van der Waals surface area contributed by atoms with Gasteiger partial charge in [0.15, 0.2) is 5.25 Å². The molecule has 0 aliphatic carbocycles. The van der Waals surface area contributed by atoms with E-state index in [0.717, 1.165) is 21.9 Å². The molecule has 2 aliphatic heterocycles. The van der Waals surface area contributed by atoms with E-state index < -0.39 is 21.2 Å². The van der Waals surface area contributed by atoms with Crippen molar-refractivity contribution in [3.63, 3.8) is 0 Å². The van der Waals surface area contributed by atoms with Gasteiger partial charge in [-0.3, -0.25) is 4.79 Å². The average Bonchev–Trinajstić information content (AvgIpc) is 3.01. The molecule has 1 saturated heterocycles. The molecule has 1 atom stereocenters. The lowest BCUT2D eigenvalue weighted by atomic mass is 9.99. The molecule has 4 rings (SSSR count). The second-order valence-electron chi connectivity index (χ2n) is 8.24. The SMILES string of the molecule is CCCCN1C(=O)C(=Nc2ccc3c(c2)CCN(C(=O)NC)C3)C(c2ccccc2)S1(=O)=O. The molecule has 1 fully saturated rings. The summed E-state index contributed by atoms with van der Waals surface area (Å²) >= 11 is 0. The van der Waals surface area contributed by atoms with Crippen LogP contribution in [0.5, 0.6) is 0 Å². The Morgan fingerprint density at radius 2 is 1.91 bits per heavy atom. The molecular formula is C24H28N4O4S. The normalized spacial score (nSPS) is 20.7. The van der Waals surface area contributed by atoms with E-state index in [1.165, 1.54) is 0 Å². The predicted molar refractivity (Wildman–Crippen MR) is 127 cm³/mol. The maximum absolute atomic E-state index is 13.4. The highest BCUT2D eigenvalue weighted by Gasteiger charge is 2.50. The lowest BCUT2D eigenvalue weighted by molar-refractivity contribution is -0.119. The summed E-state index contributed by atoms with van der Waals surface area (Å²) in [7, 11) is -2.30. The molecule has 33 heavy (non-hydrogen) atoms. The number of hydrogen-bond donors (Lipinski definition) is 1. The molecule has 2 aromatic carbocycles. The maximum Gasteiger partial charge on any atom is 0.317 e. The van der Waals surface area contributed by atoms with Crippen molar-refractivity contribution >= 4 is 33.4 Å². The summed E-state index contributed by atoms with van der Waals surface area (Å²) in [6.07, 6.45) is 2.04. The molecule has 9 heteroatoms. The van der Waals surface area contributed by atoms with Gasteiger partial charge in [-0.15, -0.1) is 0 Å². The van der Waals surface area contributed by atoms with Gasteiger partial charge in [0.25, 0.3) is 15.9 Å². The van der Waals surface area contributed by atoms with Crippen LogP contribution in [0.4, 0.5) is 10.5 Å². The molecule has 0 bridgehead atoms. The van der Waals surface area contributed by atoms with Gasteiger partial charge in [-0.2, -0.15) is 0 Å². The highest BCUT2D eigenvalue weighted by Crippen LogP contribution is 2.36. The molecule has 0 spiro atoms. The van der Waals surface area contributed by atoms with Gasteiger partial charge in [0.2, 0.25) is 0 Å². The third kappa shape index (κ3) is 4.37. The first kappa shape index (κ1) is 23.0. The second-order valence-corrected chi connectivity index (χ2v) is 10.2. The lowest BCUT2D eigenvalue weighted by Crippen LogP contribution is -2.41. The topological polar surface area (TPSA) is 99.2 Å². The van der Waals surface area contributed by atoms with Crippen LogP contribution in [0.3, 0.4) is 0 Å². The van der Waals surface area contributed by atoms with Crippen LogP contribution in [0, 0.1) is 0 Å². The van der Waals surface area contributed by atoms with Crippen molar-refractivity contribution in [2.24, 2.45) is 4.99 Å². The van der Waals surface area contributed by atoms with E-state index in [2.05, 4.69) is 10.3 Å². The number of rotatable bonds is 5. The molecule has 8 nitrogen and oxygen atoms in total. The summed E-state index contributed by atoms with van der Waals surface area (Å²) in [5.41, 5.74) is 3.16. The number of aliphatic imine (C=N–C) groups is 1. The van der Waals surface area contributed by atoms with Crippen LogP contribution in [-0.2, 0) is 27.8 Å². The molecule has 0 aromatic heterocycles. The van der Waals surface area contributed by atoms with Gasteiger partial charge in [0.1, 0.15) is 5.71 Å². The molecule has 2 aliphatic rings. The Balaban J connectivity index is 1.72. The van der Waals surface area contributed by atoms with Crippen LogP contribution < -0.4 is 5.32 Å². The largest absolute Gasteiger partial charge is 0.341 e. The van der Waals surface area contributed by atoms with Gasteiger partial charge in [-0.25, -0.2) is 22.5 Å². The van der Waals surface area contributed by atoms with Crippen LogP contribution >= 0.6 is 0 Å². The summed E-state index contributed by atoms with van der Waals surface area (Å²) in [5, 5.41) is 1.52. The van der Waals surface area contributed by atoms with E-state index in [0.29, 0.717) is 37.2 Å². The van der Waals surface area contributed by atoms with Gasteiger partial charge in [-0.05, 0) is 41.7 Å². The minimum absolute atomic E-state index is 0.0278. The van der Waals surface area contributed by atoms with Crippen molar-refractivity contribution in [3.8, 4) is 0 Å². The monoisotopic (exact) mass is 468 g/mol. The average molecular weight is 469 g/mol. The zero-order chi connectivity index (χ0) is 23.6. The van der Waals surface area contributed by atoms with Crippen LogP contribution in [0.1, 0.15) is 41.7 Å². The van der Waals surface area contributed by atoms with E-state index in [9.17, 15) is 18.0 Å². The highest BCUT2D eigenvalue weighted by atomic mass is 32.2. The minimum atomic E-state index is -3.91. The smallest absolute Gasteiger partial charge is 0.317 e. The number of amides is 3. The molecule has 1 N–H and O–H groups in total. The number of fused-ring (bicyclic) bond motifs is 1. The Morgan fingerprint density at radius 3 is 2.61 bits per heavy atom. The Hall–Kier alpha value is -3.20. The number of carbonyl (C=O) groups is 2. The van der Waals surface area contributed by atoms with E-state index in [-0.39, 0.29) is 18.3 Å². The fourth-order valence-corrected chi connectivity index (χ4v) is 6.20. The molecule has 2 heterocycles. The second kappa shape index (κ2) is 9.35. The van der Waals surface area contributed by atoms with Crippen molar-refractivity contribution in [3.05, 3.63) is 65.2 Å². The van der Waals surface area contributed by atoms with Crippen LogP contribution in [-0.4, -0.2) is 55.4 Å². The molecule has 0 saturated carbocycles. The van der Waals surface area contributed by atoms with Crippen molar-refractivity contribution in [2.75, 3.05) is 20.1 Å². The fraction of sp³-hybridized carbons (Fsp3) is 0.375. The highest BCUT2D eigenvalue weighted by molar-refractivity contribution is 7.91. The number of nitrogens with one attached hydrogen (secondary N) is 1. The van der Waals surface area contributed by atoms with Gasteiger partial charge >= 0.3 is 6.03 Å². The number of sulfonamides is 1. The first-order chi connectivity index (χ1) is 15.9. The zero-order valence-corrected chi connectivity index (χ0v) is 19.6. The molecular weight excluding hydrogens is 440 g/mol. The Morgan fingerprint density at radius 1 is 1.15 bits per heavy atom. The van der Waals surface area contributed by atoms with Crippen molar-refractivity contribution in [2.45, 2.75) is 38.0 Å². The van der Waals surface area contributed by atoms with Crippen LogP contribution in [0.25, 0.3) is 0 Å². The lowest BCUT2D eigenvalue weighted by Gasteiger charge is -2.28. The third-order valence-electron chi connectivity index (χ3n) is 6.07. The van der Waals surface area contributed by atoms with Crippen molar-refractivity contribution in [1.82, 2.24) is 14.5 Å². The predicted octanol–water partition coefficient (Wildman–Crippen LogP) is 3.17. The van der Waals surface area contributed by atoms with Gasteiger partial charge in [-0.1, -0.05) is 49.7 Å². The van der Waals surface area contributed by atoms with E-state index in [4.69, 9.17) is 0 Å². The summed E-state index contributed by atoms with van der Waals surface area (Å²) < 4.78 is 27.7. The molecule has 0 radical (unpaired) electrons. The Labute approximate surface area is 194 Å². The molecule has 1 unspecified atom stereocenters. The molecule has 174 valence electrons. The molecule has 2 aromatic rings. The number of urea groups is 1. The molecule has 3 amide bonds. The van der Waals surface area contributed by atoms with Crippen molar-refractivity contribution in [1.29, 1.82) is 0 Å². The summed E-state index contributed by atoms with van der Waals surface area (Å²) in [5.74, 6) is -0.555.